The van der Waals surface area contributed by atoms with Gasteiger partial charge in [0.1, 0.15) is 12.3 Å². The van der Waals surface area contributed by atoms with E-state index < -0.39 is 0 Å². The van der Waals surface area contributed by atoms with Gasteiger partial charge >= 0.3 is 0 Å². The first kappa shape index (κ1) is 17.2. The highest BCUT2D eigenvalue weighted by molar-refractivity contribution is 6.15. The zero-order valence-electron chi connectivity index (χ0n) is 14.8. The van der Waals surface area contributed by atoms with E-state index >= 15 is 0 Å². The van der Waals surface area contributed by atoms with Gasteiger partial charge in [0.25, 0.3) is 0 Å². The highest BCUT2D eigenvalue weighted by atomic mass is 16.5. The van der Waals surface area contributed by atoms with Gasteiger partial charge in [-0.3, -0.25) is 9.78 Å². The first-order valence-corrected chi connectivity index (χ1v) is 8.56. The topological polar surface area (TPSA) is 66.7 Å². The van der Waals surface area contributed by atoms with E-state index in [1.165, 1.54) is 4.90 Å². The number of benzene rings is 1. The van der Waals surface area contributed by atoms with Crippen molar-refractivity contribution in [2.24, 2.45) is 0 Å². The molecule has 0 unspecified atom stereocenters. The molecule has 0 amide bonds. The highest BCUT2D eigenvalue weighted by Crippen LogP contribution is 2.40. The molecule has 2 aromatic rings. The average molecular weight is 338 g/mol. The molecule has 1 aromatic heterocycles. The maximum Gasteiger partial charge on any atom is 0.232 e. The van der Waals surface area contributed by atoms with Crippen molar-refractivity contribution >= 4 is 11.9 Å². The normalized spacial score (nSPS) is 14.9. The molecule has 2 heterocycles. The third kappa shape index (κ3) is 3.28. The van der Waals surface area contributed by atoms with Gasteiger partial charge in [0.15, 0.2) is 5.76 Å². The van der Waals surface area contributed by atoms with Crippen LogP contribution in [-0.2, 0) is 6.54 Å². The fourth-order valence-electron chi connectivity index (χ4n) is 3.10. The van der Waals surface area contributed by atoms with E-state index in [0.29, 0.717) is 29.0 Å². The first-order chi connectivity index (χ1) is 12.0. The van der Waals surface area contributed by atoms with Gasteiger partial charge in [0, 0.05) is 18.0 Å². The van der Waals surface area contributed by atoms with Crippen LogP contribution in [-0.4, -0.2) is 23.9 Å². The van der Waals surface area contributed by atoms with Gasteiger partial charge in [0.2, 0.25) is 5.78 Å². The molecule has 5 nitrogen and oxygen atoms in total. The maximum atomic E-state index is 12.8. The molecule has 5 heteroatoms. The number of hydrogen-bond acceptors (Lipinski definition) is 4. The fourth-order valence-corrected chi connectivity index (χ4v) is 3.10. The second-order valence-corrected chi connectivity index (χ2v) is 6.23. The number of allylic oxidation sites excluding steroid dienone is 1. The van der Waals surface area contributed by atoms with Crippen LogP contribution in [0.25, 0.3) is 6.08 Å². The third-order valence-electron chi connectivity index (χ3n) is 4.63. The summed E-state index contributed by atoms with van der Waals surface area (Å²) in [4.78, 5) is 18.0. The third-order valence-corrected chi connectivity index (χ3v) is 4.63. The monoisotopic (exact) mass is 338 g/mol. The number of hydrogen-bond donors (Lipinski definition) is 1. The number of aryl methyl sites for hydroxylation is 1. The Morgan fingerprint density at radius 3 is 2.56 bits per heavy atom. The fraction of sp³-hybridized carbons (Fsp3) is 0.300. The van der Waals surface area contributed by atoms with Crippen LogP contribution in [0, 0.1) is 6.92 Å². The Balaban J connectivity index is 2.04. The molecule has 0 saturated heterocycles. The van der Waals surface area contributed by atoms with Gasteiger partial charge in [-0.05, 0) is 50.1 Å². The smallest absolute Gasteiger partial charge is 0.232 e. The molecule has 1 aliphatic heterocycles. The lowest BCUT2D eigenvalue weighted by Crippen LogP contribution is -3.10. The van der Waals surface area contributed by atoms with Gasteiger partial charge in [-0.25, -0.2) is 0 Å². The molecule has 0 fully saturated rings. The molecule has 0 aliphatic carbocycles. The molecule has 3 rings (SSSR count). The Hall–Kier alpha value is -2.66. The number of aromatic nitrogens is 1. The van der Waals surface area contributed by atoms with E-state index in [-0.39, 0.29) is 17.3 Å². The Morgan fingerprint density at radius 2 is 1.92 bits per heavy atom. The molecule has 0 radical (unpaired) electrons. The minimum absolute atomic E-state index is 0.0615. The number of nitrogens with one attached hydrogen (secondary N) is 1. The molecule has 1 aromatic carbocycles. The summed E-state index contributed by atoms with van der Waals surface area (Å²) in [7, 11) is 0. The van der Waals surface area contributed by atoms with E-state index in [1.54, 1.807) is 43.6 Å². The van der Waals surface area contributed by atoms with Crippen molar-refractivity contribution in [3.8, 4) is 11.5 Å². The van der Waals surface area contributed by atoms with Crippen molar-refractivity contribution in [3.63, 3.8) is 0 Å². The Labute approximate surface area is 147 Å². The number of carbonyl (C=O) groups excluding carboxylic acids is 1. The van der Waals surface area contributed by atoms with Crippen molar-refractivity contribution < 1.29 is 19.5 Å². The predicted molar refractivity (Wildman–Crippen MR) is 93.5 cm³/mol. The number of rotatable bonds is 5. The Bertz CT molecular complexity index is 825. The average Bonchev–Trinajstić information content (AvgIpc) is 2.93. The van der Waals surface area contributed by atoms with Crippen LogP contribution < -0.4 is 14.7 Å². The standard InChI is InChI=1S/C20H22N2O3/c1-4-22(5-2)12-15-16(23)10-13(3)18-19(24)17(25-20(15)18)11-14-6-8-21-9-7-14/h6-11,23H,4-5,12H2,1-3H3. The van der Waals surface area contributed by atoms with Gasteiger partial charge in [-0.1, -0.05) is 11.8 Å². The van der Waals surface area contributed by atoms with E-state index in [9.17, 15) is 9.90 Å². The quantitative estimate of drug-likeness (QED) is 0.839. The van der Waals surface area contributed by atoms with Crippen LogP contribution >= 0.6 is 0 Å². The van der Waals surface area contributed by atoms with Gasteiger partial charge in [-0.2, -0.15) is 0 Å². The van der Waals surface area contributed by atoms with E-state index in [1.807, 2.05) is 0 Å². The maximum absolute atomic E-state index is 12.8. The first-order valence-electron chi connectivity index (χ1n) is 8.56. The van der Waals surface area contributed by atoms with Crippen LogP contribution in [0.1, 0.15) is 40.9 Å². The molecule has 130 valence electrons. The number of ether oxygens (including phenoxy) is 1. The summed E-state index contributed by atoms with van der Waals surface area (Å²) in [6.45, 7) is 8.32. The molecule has 0 bridgehead atoms. The lowest BCUT2D eigenvalue weighted by Gasteiger charge is -2.22. The van der Waals surface area contributed by atoms with Crippen molar-refractivity contribution in [3.05, 3.63) is 58.6 Å². The van der Waals surface area contributed by atoms with Gasteiger partial charge < -0.3 is 14.7 Å². The van der Waals surface area contributed by atoms with Crippen LogP contribution in [0.5, 0.6) is 11.5 Å². The molecular weight excluding hydrogens is 316 g/mol. The molecule has 0 atom stereocenters. The summed E-state index contributed by atoms with van der Waals surface area (Å²) in [6, 6.07) is 5.16. The molecule has 0 saturated carbocycles. The largest absolute Gasteiger partial charge is 0.872 e. The number of pyridine rings is 1. The molecule has 1 aliphatic rings. The van der Waals surface area contributed by atoms with E-state index in [2.05, 4.69) is 18.8 Å². The summed E-state index contributed by atoms with van der Waals surface area (Å²) in [5, 5.41) is 12.5. The van der Waals surface area contributed by atoms with Crippen LogP contribution in [0.2, 0.25) is 0 Å². The number of quaternary nitrogens is 1. The Kier molecular flexibility index (Phi) is 4.86. The van der Waals surface area contributed by atoms with Crippen molar-refractivity contribution in [2.75, 3.05) is 13.1 Å². The summed E-state index contributed by atoms with van der Waals surface area (Å²) < 4.78 is 5.88. The lowest BCUT2D eigenvalue weighted by atomic mass is 9.99. The zero-order chi connectivity index (χ0) is 18.0. The molecular formula is C20H22N2O3. The number of nitrogens with zero attached hydrogens (tertiary/aromatic N) is 1. The van der Waals surface area contributed by atoms with E-state index in [0.717, 1.165) is 18.7 Å². The van der Waals surface area contributed by atoms with E-state index in [4.69, 9.17) is 4.74 Å². The lowest BCUT2D eigenvalue weighted by molar-refractivity contribution is -0.910. The van der Waals surface area contributed by atoms with Crippen molar-refractivity contribution in [1.82, 2.24) is 4.98 Å². The van der Waals surface area contributed by atoms with Gasteiger partial charge in [-0.15, -0.1) is 0 Å². The summed E-state index contributed by atoms with van der Waals surface area (Å²) in [5.41, 5.74) is 2.61. The van der Waals surface area contributed by atoms with Crippen LogP contribution in [0.4, 0.5) is 0 Å². The van der Waals surface area contributed by atoms with Crippen molar-refractivity contribution in [2.45, 2.75) is 27.3 Å². The van der Waals surface area contributed by atoms with Crippen LogP contribution in [0.3, 0.4) is 0 Å². The number of fused-ring (bicyclic) bond motifs is 1. The number of carbonyl (C=O) groups is 1. The highest BCUT2D eigenvalue weighted by Gasteiger charge is 2.32. The molecule has 1 N–H and O–H groups in total. The van der Waals surface area contributed by atoms with Gasteiger partial charge in [0.05, 0.1) is 18.7 Å². The molecule has 0 spiro atoms. The minimum Gasteiger partial charge on any atom is -0.872 e. The summed E-state index contributed by atoms with van der Waals surface area (Å²) in [6.07, 6.45) is 5.02. The number of Topliss-reactive ketones (excluding diaryl/α,β-unsaturated/α-hetero) is 1. The Morgan fingerprint density at radius 1 is 1.24 bits per heavy atom. The second kappa shape index (κ2) is 7.07. The second-order valence-electron chi connectivity index (χ2n) is 6.23. The summed E-state index contributed by atoms with van der Waals surface area (Å²) >= 11 is 0. The summed E-state index contributed by atoms with van der Waals surface area (Å²) in [5.74, 6) is 0.467. The minimum atomic E-state index is -0.167. The zero-order valence-corrected chi connectivity index (χ0v) is 14.8. The van der Waals surface area contributed by atoms with Crippen LogP contribution in [0.15, 0.2) is 36.4 Å². The SMILES string of the molecule is CC[NH+](CC)Cc1c([O-])cc(C)c2c1OC(=Cc1ccncc1)C2=O. The molecule has 25 heavy (non-hydrogen) atoms. The predicted octanol–water partition coefficient (Wildman–Crippen LogP) is 1.50. The number of ketones is 1. The van der Waals surface area contributed by atoms with Crippen molar-refractivity contribution in [1.29, 1.82) is 0 Å².